The van der Waals surface area contributed by atoms with E-state index in [2.05, 4.69) is 44.4 Å². The van der Waals surface area contributed by atoms with Crippen LogP contribution in [0.4, 0.5) is 0 Å². The van der Waals surface area contributed by atoms with Gasteiger partial charge in [-0.15, -0.1) is 0 Å². The molecule has 0 N–H and O–H groups in total. The van der Waals surface area contributed by atoms with Crippen molar-refractivity contribution >= 4 is 0 Å². The molecule has 0 bridgehead atoms. The van der Waals surface area contributed by atoms with Gasteiger partial charge in [-0.2, -0.15) is 0 Å². The van der Waals surface area contributed by atoms with Crippen LogP contribution in [0.3, 0.4) is 0 Å². The van der Waals surface area contributed by atoms with Gasteiger partial charge in [0.05, 0.1) is 0 Å². The van der Waals surface area contributed by atoms with Crippen LogP contribution in [0, 0.1) is 0 Å². The predicted octanol–water partition coefficient (Wildman–Crippen LogP) is 30.1. The number of unbranched alkanes of at least 4 members (excludes halogenated alkanes) is 68. The number of hydrogen-bond acceptors (Lipinski definition) is 2. The first-order chi connectivity index (χ1) is 42.2. The summed E-state index contributed by atoms with van der Waals surface area (Å²) in [4.78, 5) is 5.97. The monoisotopic (exact) mass is 1200 g/mol. The molecule has 1 unspecified atom stereocenters. The Hall–Kier alpha value is -0.0800. The first-order valence-electron chi connectivity index (χ1n) is 41.7. The molecule has 0 heterocycles. The van der Waals surface area contributed by atoms with Crippen LogP contribution in [0.2, 0.25) is 0 Å². The van der Waals surface area contributed by atoms with Crippen LogP contribution in [0.1, 0.15) is 497 Å². The molecule has 0 aliphatic carbocycles. The quantitative estimate of drug-likeness (QED) is 0.0560. The average molecular weight is 1200 g/mol. The summed E-state index contributed by atoms with van der Waals surface area (Å²) >= 11 is 0. The van der Waals surface area contributed by atoms with Gasteiger partial charge >= 0.3 is 0 Å². The normalized spacial score (nSPS) is 12.3. The first-order valence-corrected chi connectivity index (χ1v) is 41.7. The van der Waals surface area contributed by atoms with Crippen molar-refractivity contribution in [2.45, 2.75) is 503 Å². The molecule has 0 saturated carbocycles. The van der Waals surface area contributed by atoms with E-state index in [1.165, 1.54) is 495 Å². The van der Waals surface area contributed by atoms with E-state index < -0.39 is 0 Å². The van der Waals surface area contributed by atoms with Crippen molar-refractivity contribution in [2.24, 2.45) is 0 Å². The Morgan fingerprint density at radius 2 is 0.271 bits per heavy atom. The second-order valence-electron chi connectivity index (χ2n) is 29.2. The smallest absolute Gasteiger partial charge is 0.0194 e. The van der Waals surface area contributed by atoms with Crippen molar-refractivity contribution in [3.63, 3.8) is 0 Å². The van der Waals surface area contributed by atoms with Crippen LogP contribution >= 0.6 is 0 Å². The summed E-state index contributed by atoms with van der Waals surface area (Å²) in [7, 11) is 0. The van der Waals surface area contributed by atoms with Gasteiger partial charge in [0.25, 0.3) is 0 Å². The van der Waals surface area contributed by atoms with E-state index in [0.717, 1.165) is 0 Å². The van der Waals surface area contributed by atoms with Crippen molar-refractivity contribution in [3.8, 4) is 0 Å². The third-order valence-corrected chi connectivity index (χ3v) is 20.4. The molecule has 0 amide bonds. The highest BCUT2D eigenvalue weighted by atomic mass is 15.2. The standard InChI is InChI=1S/C83H170N2/c1-6-10-14-18-22-26-30-34-38-42-46-50-54-58-62-66-70-74-78-84(79-75-71-67-63-59-55-51-47-43-39-35-31-27-23-19-15-11-7-2)82-83(5)85(80-76-72-68-64-60-56-52-48-44-40-36-32-28-24-20-16-12-8-3)81-77-73-69-65-61-57-53-49-45-41-37-33-29-25-21-17-13-9-4/h83H,6-82H2,1-5H3. The van der Waals surface area contributed by atoms with Crippen molar-refractivity contribution in [3.05, 3.63) is 0 Å². The minimum absolute atomic E-state index is 0.683. The Bertz CT molecular complexity index is 1040. The van der Waals surface area contributed by atoms with Crippen molar-refractivity contribution in [1.29, 1.82) is 0 Å². The SMILES string of the molecule is CCCCCCCCCCCCCCCCCCCCN(CCCCCCCCCCCCCCCCCCCC)CC(C)N(CCCCCCCCCCCCCCCCCCCC)CCCCCCCCCCCCCCCCCCCC. The zero-order chi connectivity index (χ0) is 61.2. The Morgan fingerprint density at radius 3 is 0.412 bits per heavy atom. The summed E-state index contributed by atoms with van der Waals surface area (Å²) in [5, 5.41) is 0. The van der Waals surface area contributed by atoms with E-state index in [1.54, 1.807) is 0 Å². The molecule has 0 radical (unpaired) electrons. The van der Waals surface area contributed by atoms with E-state index in [9.17, 15) is 0 Å². The highest BCUT2D eigenvalue weighted by molar-refractivity contribution is 4.74. The maximum atomic E-state index is 3.00. The lowest BCUT2D eigenvalue weighted by atomic mass is 10.0. The van der Waals surface area contributed by atoms with Gasteiger partial charge in [-0.3, -0.25) is 4.90 Å². The molecule has 0 fully saturated rings. The molecule has 0 spiro atoms. The molecule has 0 aromatic rings. The zero-order valence-corrected chi connectivity index (χ0v) is 60.9. The number of hydrogen-bond donors (Lipinski definition) is 0. The fourth-order valence-corrected chi connectivity index (χ4v) is 14.2. The molecule has 0 aromatic carbocycles. The number of nitrogens with zero attached hydrogens (tertiary/aromatic N) is 2. The van der Waals surface area contributed by atoms with Gasteiger partial charge in [0.15, 0.2) is 0 Å². The third-order valence-electron chi connectivity index (χ3n) is 20.4. The van der Waals surface area contributed by atoms with Gasteiger partial charge in [0, 0.05) is 12.6 Å². The second-order valence-corrected chi connectivity index (χ2v) is 29.2. The Kier molecular flexibility index (Phi) is 78.1. The molecule has 1 atom stereocenters. The van der Waals surface area contributed by atoms with Crippen LogP contribution in [0.5, 0.6) is 0 Å². The molecule has 2 nitrogen and oxygen atoms in total. The lowest BCUT2D eigenvalue weighted by Crippen LogP contribution is -2.44. The topological polar surface area (TPSA) is 6.48 Å². The van der Waals surface area contributed by atoms with Gasteiger partial charge < -0.3 is 4.90 Å². The third kappa shape index (κ3) is 72.9. The maximum absolute atomic E-state index is 3.00. The Labute approximate surface area is 542 Å². The highest BCUT2D eigenvalue weighted by Gasteiger charge is 2.17. The minimum Gasteiger partial charge on any atom is -0.302 e. The molecule has 0 aliphatic rings. The van der Waals surface area contributed by atoms with Gasteiger partial charge in [-0.1, -0.05) is 464 Å². The fraction of sp³-hybridized carbons (Fsp3) is 1.00. The van der Waals surface area contributed by atoms with Crippen molar-refractivity contribution in [1.82, 2.24) is 9.80 Å². The van der Waals surface area contributed by atoms with Gasteiger partial charge in [-0.05, 0) is 58.8 Å². The van der Waals surface area contributed by atoms with E-state index in [4.69, 9.17) is 0 Å². The summed E-state index contributed by atoms with van der Waals surface area (Å²) in [5.41, 5.74) is 0. The summed E-state index contributed by atoms with van der Waals surface area (Å²) in [6.45, 7) is 18.6. The molecule has 512 valence electrons. The lowest BCUT2D eigenvalue weighted by molar-refractivity contribution is 0.140. The fourth-order valence-electron chi connectivity index (χ4n) is 14.2. The van der Waals surface area contributed by atoms with Crippen LogP contribution in [-0.4, -0.2) is 48.6 Å². The first kappa shape index (κ1) is 84.9. The second kappa shape index (κ2) is 78.2. The van der Waals surface area contributed by atoms with Crippen molar-refractivity contribution in [2.75, 3.05) is 32.7 Å². The Balaban J connectivity index is 4.97. The van der Waals surface area contributed by atoms with E-state index in [-0.39, 0.29) is 0 Å². The minimum atomic E-state index is 0.683. The van der Waals surface area contributed by atoms with Crippen LogP contribution in [-0.2, 0) is 0 Å². The van der Waals surface area contributed by atoms with E-state index in [1.807, 2.05) is 0 Å². The van der Waals surface area contributed by atoms with Crippen LogP contribution in [0.15, 0.2) is 0 Å². The molecule has 0 aliphatic heterocycles. The number of rotatable bonds is 79. The largest absolute Gasteiger partial charge is 0.302 e. The lowest BCUT2D eigenvalue weighted by Gasteiger charge is -2.34. The predicted molar refractivity (Wildman–Crippen MR) is 393 cm³/mol. The molecular weight excluding hydrogens is 1020 g/mol. The molecular formula is C83H170N2. The maximum Gasteiger partial charge on any atom is 0.0194 e. The average Bonchev–Trinajstić information content (AvgIpc) is 3.51. The van der Waals surface area contributed by atoms with Crippen LogP contribution < -0.4 is 0 Å². The molecule has 0 saturated heterocycles. The van der Waals surface area contributed by atoms with Gasteiger partial charge in [-0.25, -0.2) is 0 Å². The zero-order valence-electron chi connectivity index (χ0n) is 60.9. The summed E-state index contributed by atoms with van der Waals surface area (Å²) < 4.78 is 0. The molecule has 2 heteroatoms. The highest BCUT2D eigenvalue weighted by Crippen LogP contribution is 2.21. The summed E-state index contributed by atoms with van der Waals surface area (Å²) in [5.74, 6) is 0. The van der Waals surface area contributed by atoms with E-state index >= 15 is 0 Å². The Morgan fingerprint density at radius 1 is 0.153 bits per heavy atom. The molecule has 85 heavy (non-hydrogen) atoms. The van der Waals surface area contributed by atoms with Crippen molar-refractivity contribution < 1.29 is 0 Å². The van der Waals surface area contributed by atoms with Gasteiger partial charge in [0.1, 0.15) is 0 Å². The molecule has 0 aromatic heterocycles. The van der Waals surface area contributed by atoms with Crippen LogP contribution in [0.25, 0.3) is 0 Å². The summed E-state index contributed by atoms with van der Waals surface area (Å²) in [6, 6.07) is 0.683. The summed E-state index contributed by atoms with van der Waals surface area (Å²) in [6.07, 6.45) is 106. The van der Waals surface area contributed by atoms with Gasteiger partial charge in [0.2, 0.25) is 0 Å². The van der Waals surface area contributed by atoms with E-state index in [0.29, 0.717) is 6.04 Å². The molecule has 0 rings (SSSR count).